The van der Waals surface area contributed by atoms with Crippen LogP contribution in [0.2, 0.25) is 0 Å². The molecular formula is C16H17F4NO4. The Morgan fingerprint density at radius 1 is 1.24 bits per heavy atom. The second-order valence-electron chi connectivity index (χ2n) is 5.93. The van der Waals surface area contributed by atoms with Crippen LogP contribution in [0.25, 0.3) is 0 Å². The number of alkyl halides is 3. The van der Waals surface area contributed by atoms with Gasteiger partial charge in [0, 0.05) is 12.0 Å². The van der Waals surface area contributed by atoms with Crippen molar-refractivity contribution >= 4 is 17.6 Å². The van der Waals surface area contributed by atoms with E-state index < -0.39 is 48.1 Å². The molecule has 2 unspecified atom stereocenters. The normalized spacial score (nSPS) is 20.8. The predicted octanol–water partition coefficient (Wildman–Crippen LogP) is 3.60. The molecule has 0 bridgehead atoms. The van der Waals surface area contributed by atoms with E-state index in [0.717, 1.165) is 18.2 Å². The van der Waals surface area contributed by atoms with Gasteiger partial charge in [-0.3, -0.25) is 9.59 Å². The number of amides is 1. The number of anilines is 1. The molecule has 1 aromatic rings. The smallest absolute Gasteiger partial charge is 0.422 e. The van der Waals surface area contributed by atoms with Gasteiger partial charge in [0.15, 0.2) is 6.61 Å². The van der Waals surface area contributed by atoms with Gasteiger partial charge >= 0.3 is 12.1 Å². The molecule has 0 aromatic heterocycles. The predicted molar refractivity (Wildman–Crippen MR) is 79.7 cm³/mol. The van der Waals surface area contributed by atoms with Crippen LogP contribution in [0.4, 0.5) is 23.2 Å². The van der Waals surface area contributed by atoms with Crippen molar-refractivity contribution in [2.45, 2.75) is 31.9 Å². The summed E-state index contributed by atoms with van der Waals surface area (Å²) in [5.41, 5.74) is -0.0897. The molecule has 5 nitrogen and oxygen atoms in total. The average molecular weight is 363 g/mol. The maximum Gasteiger partial charge on any atom is 0.422 e. The molecular weight excluding hydrogens is 346 g/mol. The van der Waals surface area contributed by atoms with E-state index in [9.17, 15) is 27.2 Å². The summed E-state index contributed by atoms with van der Waals surface area (Å²) >= 11 is 0. The molecule has 2 N–H and O–H groups in total. The second-order valence-corrected chi connectivity index (χ2v) is 5.93. The Morgan fingerprint density at radius 3 is 2.56 bits per heavy atom. The lowest BCUT2D eigenvalue weighted by Crippen LogP contribution is -2.31. The minimum absolute atomic E-state index is 0.0897. The van der Waals surface area contributed by atoms with Gasteiger partial charge in [-0.2, -0.15) is 13.2 Å². The number of carbonyl (C=O) groups excluding carboxylic acids is 1. The van der Waals surface area contributed by atoms with Crippen molar-refractivity contribution in [3.05, 3.63) is 24.0 Å². The monoisotopic (exact) mass is 363 g/mol. The Bertz CT molecular complexity index is 648. The van der Waals surface area contributed by atoms with Gasteiger partial charge in [0.05, 0.1) is 11.6 Å². The van der Waals surface area contributed by atoms with Crippen molar-refractivity contribution in [1.29, 1.82) is 0 Å². The highest BCUT2D eigenvalue weighted by Gasteiger charge is 2.32. The number of carboxylic acid groups (broad SMARTS) is 1. The van der Waals surface area contributed by atoms with Crippen molar-refractivity contribution in [2.75, 3.05) is 11.9 Å². The maximum atomic E-state index is 13.3. The summed E-state index contributed by atoms with van der Waals surface area (Å²) in [4.78, 5) is 23.4. The van der Waals surface area contributed by atoms with E-state index in [2.05, 4.69) is 10.1 Å². The van der Waals surface area contributed by atoms with Gasteiger partial charge in [0.1, 0.15) is 11.6 Å². The Balaban J connectivity index is 2.08. The summed E-state index contributed by atoms with van der Waals surface area (Å²) in [5.74, 6) is -3.94. The first kappa shape index (κ1) is 19.0. The zero-order valence-corrected chi connectivity index (χ0v) is 13.1. The number of rotatable bonds is 5. The minimum atomic E-state index is -4.61. The highest BCUT2D eigenvalue weighted by atomic mass is 19.4. The summed E-state index contributed by atoms with van der Waals surface area (Å²) < 4.78 is 54.7. The van der Waals surface area contributed by atoms with Crippen LogP contribution in [0.15, 0.2) is 18.2 Å². The van der Waals surface area contributed by atoms with Gasteiger partial charge in [-0.25, -0.2) is 4.39 Å². The molecule has 1 saturated carbocycles. The number of ether oxygens (including phenoxy) is 1. The van der Waals surface area contributed by atoms with Gasteiger partial charge in [-0.15, -0.1) is 0 Å². The first-order valence-corrected chi connectivity index (χ1v) is 7.68. The number of carboxylic acids is 1. The topological polar surface area (TPSA) is 75.6 Å². The number of nitrogens with one attached hydrogen (secondary N) is 1. The zero-order valence-electron chi connectivity index (χ0n) is 13.1. The van der Waals surface area contributed by atoms with E-state index >= 15 is 0 Å². The molecule has 0 saturated heterocycles. The molecule has 9 heteroatoms. The third-order valence-electron chi connectivity index (χ3n) is 3.99. The van der Waals surface area contributed by atoms with E-state index in [1.807, 2.05) is 0 Å². The Kier molecular flexibility index (Phi) is 5.86. The molecule has 0 heterocycles. The minimum Gasteiger partial charge on any atom is -0.482 e. The lowest BCUT2D eigenvalue weighted by atomic mass is 9.81. The molecule has 0 spiro atoms. The number of aliphatic carboxylic acids is 1. The van der Waals surface area contributed by atoms with E-state index in [4.69, 9.17) is 5.11 Å². The zero-order chi connectivity index (χ0) is 18.6. The van der Waals surface area contributed by atoms with Gasteiger partial charge in [0.2, 0.25) is 5.91 Å². The number of halogens is 4. The molecule has 0 radical (unpaired) electrons. The molecule has 2 atom stereocenters. The molecule has 1 aliphatic rings. The van der Waals surface area contributed by atoms with Crippen molar-refractivity contribution in [3.8, 4) is 5.75 Å². The fourth-order valence-electron chi connectivity index (χ4n) is 2.77. The van der Waals surface area contributed by atoms with Crippen LogP contribution in [0.5, 0.6) is 5.75 Å². The summed E-state index contributed by atoms with van der Waals surface area (Å²) in [6, 6.07) is 2.84. The number of hydrogen-bond donors (Lipinski definition) is 2. The van der Waals surface area contributed by atoms with Gasteiger partial charge in [-0.1, -0.05) is 6.42 Å². The summed E-state index contributed by atoms with van der Waals surface area (Å²) in [7, 11) is 0. The summed E-state index contributed by atoms with van der Waals surface area (Å²) in [5, 5.41) is 11.5. The third kappa shape index (κ3) is 5.61. The molecule has 1 aliphatic carbocycles. The Hall–Kier alpha value is -2.32. The Morgan fingerprint density at radius 2 is 1.92 bits per heavy atom. The van der Waals surface area contributed by atoms with Crippen LogP contribution in [0.1, 0.15) is 25.7 Å². The first-order chi connectivity index (χ1) is 11.7. The lowest BCUT2D eigenvalue weighted by Gasteiger charge is -2.26. The SMILES string of the molecule is O=C(O)C1CCCC(C(=O)Nc2ccc(F)cc2OCC(F)(F)F)C1. The number of hydrogen-bond acceptors (Lipinski definition) is 3. The fraction of sp³-hybridized carbons (Fsp3) is 0.500. The fourth-order valence-corrected chi connectivity index (χ4v) is 2.77. The average Bonchev–Trinajstić information content (AvgIpc) is 2.54. The molecule has 1 fully saturated rings. The summed E-state index contributed by atoms with van der Waals surface area (Å²) in [6.07, 6.45) is -2.92. The molecule has 25 heavy (non-hydrogen) atoms. The highest BCUT2D eigenvalue weighted by Crippen LogP contribution is 2.32. The third-order valence-corrected chi connectivity index (χ3v) is 3.99. The quantitative estimate of drug-likeness (QED) is 0.784. The molecule has 1 aromatic carbocycles. The number of benzene rings is 1. The number of carbonyl (C=O) groups is 2. The standard InChI is InChI=1S/C16H17F4NO4/c17-11-4-5-12(13(7-11)25-8-16(18,19)20)21-14(22)9-2-1-3-10(6-9)15(23)24/h4-5,7,9-10H,1-3,6,8H2,(H,21,22)(H,23,24). The van der Waals surface area contributed by atoms with Crippen molar-refractivity contribution in [1.82, 2.24) is 0 Å². The van der Waals surface area contributed by atoms with Crippen LogP contribution in [-0.2, 0) is 9.59 Å². The van der Waals surface area contributed by atoms with Crippen molar-refractivity contribution < 1.29 is 37.0 Å². The van der Waals surface area contributed by atoms with Gasteiger partial charge < -0.3 is 15.2 Å². The maximum absolute atomic E-state index is 13.3. The van der Waals surface area contributed by atoms with Crippen LogP contribution < -0.4 is 10.1 Å². The first-order valence-electron chi connectivity index (χ1n) is 7.68. The molecule has 138 valence electrons. The summed E-state index contributed by atoms with van der Waals surface area (Å²) in [6.45, 7) is -1.62. The molecule has 0 aliphatic heterocycles. The lowest BCUT2D eigenvalue weighted by molar-refractivity contribution is -0.153. The largest absolute Gasteiger partial charge is 0.482 e. The van der Waals surface area contributed by atoms with Crippen molar-refractivity contribution in [3.63, 3.8) is 0 Å². The van der Waals surface area contributed by atoms with Gasteiger partial charge in [-0.05, 0) is 31.4 Å². The van der Waals surface area contributed by atoms with Crippen LogP contribution in [0, 0.1) is 17.7 Å². The highest BCUT2D eigenvalue weighted by molar-refractivity contribution is 5.94. The second kappa shape index (κ2) is 7.71. The van der Waals surface area contributed by atoms with Crippen molar-refractivity contribution in [2.24, 2.45) is 11.8 Å². The Labute approximate surface area is 141 Å². The molecule has 1 amide bonds. The van der Waals surface area contributed by atoms with E-state index in [1.54, 1.807) is 0 Å². The van der Waals surface area contributed by atoms with Crippen LogP contribution in [0.3, 0.4) is 0 Å². The van der Waals surface area contributed by atoms with Gasteiger partial charge in [0.25, 0.3) is 0 Å². The van der Waals surface area contributed by atoms with E-state index in [-0.39, 0.29) is 12.1 Å². The molecule has 2 rings (SSSR count). The van der Waals surface area contributed by atoms with E-state index in [1.165, 1.54) is 0 Å². The van der Waals surface area contributed by atoms with Crippen LogP contribution >= 0.6 is 0 Å². The van der Waals surface area contributed by atoms with E-state index in [0.29, 0.717) is 19.3 Å². The van der Waals surface area contributed by atoms with Crippen LogP contribution in [-0.4, -0.2) is 29.8 Å².